The summed E-state index contributed by atoms with van der Waals surface area (Å²) in [5.74, 6) is -1.29. The molecule has 0 aliphatic heterocycles. The Bertz CT molecular complexity index is 414. The van der Waals surface area contributed by atoms with Gasteiger partial charge in [0.25, 0.3) is 0 Å². The molecule has 0 amide bonds. The molecule has 2 unspecified atom stereocenters. The van der Waals surface area contributed by atoms with Gasteiger partial charge >= 0.3 is 11.9 Å². The van der Waals surface area contributed by atoms with Gasteiger partial charge in [-0.25, -0.2) is 0 Å². The molecule has 0 bridgehead atoms. The van der Waals surface area contributed by atoms with Gasteiger partial charge in [-0.05, 0) is 43.4 Å². The molecule has 0 aromatic carbocycles. The molecule has 2 N–H and O–H groups in total. The molecule has 0 spiro atoms. The zero-order valence-electron chi connectivity index (χ0n) is 17.0. The zero-order valence-corrected chi connectivity index (χ0v) is 17.0. The van der Waals surface area contributed by atoms with E-state index in [4.69, 9.17) is 5.11 Å². The van der Waals surface area contributed by atoms with Crippen molar-refractivity contribution >= 4 is 11.9 Å². The molecule has 0 heterocycles. The molecule has 1 aliphatic rings. The molecular formula is C22H40O4. The van der Waals surface area contributed by atoms with E-state index in [1.807, 2.05) is 6.92 Å². The minimum absolute atomic E-state index is 0.250. The molecule has 1 fully saturated rings. The van der Waals surface area contributed by atoms with E-state index in [-0.39, 0.29) is 17.8 Å². The SMILES string of the molecule is CCCCCCCCC(C(C)C(=O)O)C1(CCCCCCC(=O)O)CC1. The lowest BCUT2D eigenvalue weighted by Crippen LogP contribution is -2.29. The largest absolute Gasteiger partial charge is 0.481 e. The molecule has 0 radical (unpaired) electrons. The van der Waals surface area contributed by atoms with E-state index in [9.17, 15) is 14.7 Å². The number of hydrogen-bond donors (Lipinski definition) is 2. The van der Waals surface area contributed by atoms with Crippen LogP contribution in [-0.2, 0) is 9.59 Å². The third-order valence-corrected chi connectivity index (χ3v) is 6.36. The van der Waals surface area contributed by atoms with Crippen molar-refractivity contribution in [2.75, 3.05) is 0 Å². The molecule has 26 heavy (non-hydrogen) atoms. The summed E-state index contributed by atoms with van der Waals surface area (Å²) in [6.07, 6.45) is 16.2. The maximum Gasteiger partial charge on any atom is 0.306 e. The van der Waals surface area contributed by atoms with Crippen molar-refractivity contribution in [3.63, 3.8) is 0 Å². The van der Waals surface area contributed by atoms with Gasteiger partial charge in [0.15, 0.2) is 0 Å². The summed E-state index contributed by atoms with van der Waals surface area (Å²) in [5, 5.41) is 18.2. The lowest BCUT2D eigenvalue weighted by atomic mass is 9.74. The third kappa shape index (κ3) is 8.55. The molecule has 0 aromatic rings. The fourth-order valence-electron chi connectivity index (χ4n) is 4.48. The van der Waals surface area contributed by atoms with Crippen molar-refractivity contribution in [3.05, 3.63) is 0 Å². The van der Waals surface area contributed by atoms with Crippen LogP contribution in [-0.4, -0.2) is 22.2 Å². The normalized spacial score (nSPS) is 17.6. The van der Waals surface area contributed by atoms with Gasteiger partial charge < -0.3 is 10.2 Å². The van der Waals surface area contributed by atoms with Crippen molar-refractivity contribution in [2.45, 2.75) is 110 Å². The number of hydrogen-bond acceptors (Lipinski definition) is 2. The summed E-state index contributed by atoms with van der Waals surface area (Å²) in [6.45, 7) is 4.13. The highest BCUT2D eigenvalue weighted by Gasteiger charge is 2.50. The van der Waals surface area contributed by atoms with Crippen molar-refractivity contribution in [2.24, 2.45) is 17.3 Å². The average molecular weight is 369 g/mol. The highest BCUT2D eigenvalue weighted by Crippen LogP contribution is 2.59. The smallest absolute Gasteiger partial charge is 0.306 e. The molecule has 0 saturated heterocycles. The molecule has 4 nitrogen and oxygen atoms in total. The highest BCUT2D eigenvalue weighted by atomic mass is 16.4. The predicted molar refractivity (Wildman–Crippen MR) is 105 cm³/mol. The average Bonchev–Trinajstić information content (AvgIpc) is 3.37. The van der Waals surface area contributed by atoms with E-state index >= 15 is 0 Å². The number of rotatable bonds is 17. The number of carbonyl (C=O) groups is 2. The molecule has 2 atom stereocenters. The van der Waals surface area contributed by atoms with Gasteiger partial charge in [-0.3, -0.25) is 9.59 Å². The molecule has 4 heteroatoms. The van der Waals surface area contributed by atoms with Gasteiger partial charge in [-0.15, -0.1) is 0 Å². The van der Waals surface area contributed by atoms with Gasteiger partial charge in [0.1, 0.15) is 0 Å². The number of aliphatic carboxylic acids is 2. The second kappa shape index (κ2) is 12.3. The Morgan fingerprint density at radius 1 is 0.885 bits per heavy atom. The first kappa shape index (κ1) is 23.0. The minimum Gasteiger partial charge on any atom is -0.481 e. The van der Waals surface area contributed by atoms with E-state index in [0.29, 0.717) is 5.92 Å². The van der Waals surface area contributed by atoms with E-state index < -0.39 is 11.9 Å². The first-order valence-electron chi connectivity index (χ1n) is 10.9. The maximum atomic E-state index is 11.6. The third-order valence-electron chi connectivity index (χ3n) is 6.36. The summed E-state index contributed by atoms with van der Waals surface area (Å²) in [7, 11) is 0. The van der Waals surface area contributed by atoms with Crippen LogP contribution in [0.1, 0.15) is 110 Å². The molecule has 1 rings (SSSR count). The molecule has 1 saturated carbocycles. The first-order valence-corrected chi connectivity index (χ1v) is 10.9. The van der Waals surface area contributed by atoms with Gasteiger partial charge in [0.2, 0.25) is 0 Å². The van der Waals surface area contributed by atoms with E-state index in [1.54, 1.807) is 0 Å². The second-order valence-electron chi connectivity index (χ2n) is 8.46. The fourth-order valence-corrected chi connectivity index (χ4v) is 4.48. The Hall–Kier alpha value is -1.06. The minimum atomic E-state index is -0.710. The topological polar surface area (TPSA) is 74.6 Å². The van der Waals surface area contributed by atoms with E-state index in [1.165, 1.54) is 44.9 Å². The summed E-state index contributed by atoms with van der Waals surface area (Å²) in [6, 6.07) is 0. The Kier molecular flexibility index (Phi) is 10.9. The quantitative estimate of drug-likeness (QED) is 0.296. The van der Waals surface area contributed by atoms with E-state index in [2.05, 4.69) is 6.92 Å². The van der Waals surface area contributed by atoms with Crippen LogP contribution in [0.3, 0.4) is 0 Å². The van der Waals surface area contributed by atoms with Crippen molar-refractivity contribution in [1.29, 1.82) is 0 Å². The fraction of sp³-hybridized carbons (Fsp3) is 0.909. The van der Waals surface area contributed by atoms with Crippen molar-refractivity contribution in [3.8, 4) is 0 Å². The van der Waals surface area contributed by atoms with Crippen LogP contribution < -0.4 is 0 Å². The summed E-state index contributed by atoms with van der Waals surface area (Å²) < 4.78 is 0. The van der Waals surface area contributed by atoms with Crippen LogP contribution in [0.5, 0.6) is 0 Å². The number of carboxylic acid groups (broad SMARTS) is 2. The number of carboxylic acids is 2. The lowest BCUT2D eigenvalue weighted by molar-refractivity contribution is -0.144. The van der Waals surface area contributed by atoms with Crippen LogP contribution in [0.25, 0.3) is 0 Å². The van der Waals surface area contributed by atoms with Crippen molar-refractivity contribution in [1.82, 2.24) is 0 Å². The van der Waals surface area contributed by atoms with Crippen LogP contribution in [0.2, 0.25) is 0 Å². The Morgan fingerprint density at radius 3 is 2.04 bits per heavy atom. The Labute approximate surface area is 159 Å². The van der Waals surface area contributed by atoms with Crippen LogP contribution in [0.15, 0.2) is 0 Å². The van der Waals surface area contributed by atoms with Crippen LogP contribution >= 0.6 is 0 Å². The van der Waals surface area contributed by atoms with Gasteiger partial charge in [-0.2, -0.15) is 0 Å². The second-order valence-corrected chi connectivity index (χ2v) is 8.46. The molecule has 1 aliphatic carbocycles. The molecule has 152 valence electrons. The monoisotopic (exact) mass is 368 g/mol. The Morgan fingerprint density at radius 2 is 1.46 bits per heavy atom. The number of unbranched alkanes of at least 4 members (excludes halogenated alkanes) is 8. The van der Waals surface area contributed by atoms with Gasteiger partial charge in [0, 0.05) is 6.42 Å². The maximum absolute atomic E-state index is 11.6. The highest BCUT2D eigenvalue weighted by molar-refractivity contribution is 5.70. The lowest BCUT2D eigenvalue weighted by Gasteiger charge is -2.30. The van der Waals surface area contributed by atoms with Crippen LogP contribution in [0, 0.1) is 17.3 Å². The zero-order chi connectivity index (χ0) is 19.4. The standard InChI is InChI=1S/C22H40O4/c1-3-4-5-6-7-10-13-19(18(2)21(25)26)22(16-17-22)15-12-9-8-11-14-20(23)24/h18-19H,3-17H2,1-2H3,(H,23,24)(H,25,26). The summed E-state index contributed by atoms with van der Waals surface area (Å²) in [4.78, 5) is 22.2. The predicted octanol–water partition coefficient (Wildman–Crippen LogP) is 6.28. The summed E-state index contributed by atoms with van der Waals surface area (Å²) >= 11 is 0. The Balaban J connectivity index is 2.39. The molecular weight excluding hydrogens is 328 g/mol. The summed E-state index contributed by atoms with van der Waals surface area (Å²) in [5.41, 5.74) is 0.258. The van der Waals surface area contributed by atoms with Crippen molar-refractivity contribution < 1.29 is 19.8 Å². The van der Waals surface area contributed by atoms with Crippen LogP contribution in [0.4, 0.5) is 0 Å². The van der Waals surface area contributed by atoms with Gasteiger partial charge in [-0.1, -0.05) is 71.6 Å². The van der Waals surface area contributed by atoms with Gasteiger partial charge in [0.05, 0.1) is 5.92 Å². The molecule has 0 aromatic heterocycles. The first-order chi connectivity index (χ1) is 12.4. The van der Waals surface area contributed by atoms with E-state index in [0.717, 1.165) is 44.9 Å².